The molecule has 2 amide bonds. The van der Waals surface area contributed by atoms with Crippen LogP contribution in [0.1, 0.15) is 34.1 Å². The lowest BCUT2D eigenvalue weighted by Gasteiger charge is -2.15. The molecule has 0 aromatic rings. The highest BCUT2D eigenvalue weighted by Crippen LogP contribution is 2.67. The van der Waals surface area contributed by atoms with Gasteiger partial charge in [-0.2, -0.15) is 11.8 Å². The third kappa shape index (κ3) is 3.59. The molecule has 1 atom stereocenters. The number of carbonyl (C=O) groups excluding carboxylic acids is 1. The summed E-state index contributed by atoms with van der Waals surface area (Å²) in [6.07, 6.45) is 2.35. The zero-order valence-corrected chi connectivity index (χ0v) is 13.8. The first-order valence-corrected chi connectivity index (χ1v) is 8.30. The molecule has 0 aliphatic heterocycles. The third-order valence-corrected chi connectivity index (χ3v) is 5.64. The van der Waals surface area contributed by atoms with Gasteiger partial charge in [-0.05, 0) is 35.2 Å². The van der Waals surface area contributed by atoms with Crippen LogP contribution in [0.25, 0.3) is 0 Å². The van der Waals surface area contributed by atoms with Crippen molar-refractivity contribution in [2.24, 2.45) is 16.7 Å². The second-order valence-corrected chi connectivity index (χ2v) is 7.51. The van der Waals surface area contributed by atoms with Crippen LogP contribution in [0.4, 0.5) is 4.79 Å². The van der Waals surface area contributed by atoms with Gasteiger partial charge in [0.05, 0.1) is 0 Å². The van der Waals surface area contributed by atoms with Crippen LogP contribution in [0.3, 0.4) is 0 Å². The molecule has 0 saturated heterocycles. The highest BCUT2D eigenvalue weighted by Gasteiger charge is 2.64. The zero-order chi connectivity index (χ0) is 15.6. The normalized spacial score (nSPS) is 21.1. The van der Waals surface area contributed by atoms with Gasteiger partial charge in [0.15, 0.2) is 0 Å². The maximum Gasteiger partial charge on any atom is 0.326 e. The maximum absolute atomic E-state index is 11.8. The number of urea groups is 1. The van der Waals surface area contributed by atoms with Crippen molar-refractivity contribution in [3.8, 4) is 0 Å². The van der Waals surface area contributed by atoms with E-state index < -0.39 is 18.0 Å². The average Bonchev–Trinajstić information content (AvgIpc) is 2.72. The van der Waals surface area contributed by atoms with Crippen LogP contribution < -0.4 is 10.6 Å². The monoisotopic (exact) mass is 302 g/mol. The smallest absolute Gasteiger partial charge is 0.326 e. The summed E-state index contributed by atoms with van der Waals surface area (Å²) in [4.78, 5) is 22.8. The minimum atomic E-state index is -0.985. The largest absolute Gasteiger partial charge is 0.480 e. The van der Waals surface area contributed by atoms with E-state index in [2.05, 4.69) is 38.3 Å². The van der Waals surface area contributed by atoms with Gasteiger partial charge in [-0.3, -0.25) is 0 Å². The molecule has 0 aromatic heterocycles. The highest BCUT2D eigenvalue weighted by atomic mass is 32.2. The first kappa shape index (κ1) is 17.1. The lowest BCUT2D eigenvalue weighted by molar-refractivity contribution is -0.139. The molecule has 3 N–H and O–H groups in total. The van der Waals surface area contributed by atoms with Gasteiger partial charge in [0.2, 0.25) is 0 Å². The predicted molar refractivity (Wildman–Crippen MR) is 82.0 cm³/mol. The van der Waals surface area contributed by atoms with Gasteiger partial charge in [0.1, 0.15) is 6.04 Å². The SMILES string of the molecule is CSCCC(NC(=O)NCC1C(C)(C)C1(C)C)C(=O)O. The van der Waals surface area contributed by atoms with Crippen LogP contribution in [0.5, 0.6) is 0 Å². The Morgan fingerprint density at radius 3 is 2.20 bits per heavy atom. The zero-order valence-electron chi connectivity index (χ0n) is 12.9. The lowest BCUT2D eigenvalue weighted by Crippen LogP contribution is -2.47. The maximum atomic E-state index is 11.8. The Labute approximate surface area is 125 Å². The third-order valence-electron chi connectivity index (χ3n) is 5.00. The Kier molecular flexibility index (Phi) is 5.35. The number of rotatable bonds is 7. The number of hydrogen-bond donors (Lipinski definition) is 3. The van der Waals surface area contributed by atoms with Crippen LogP contribution in [0.2, 0.25) is 0 Å². The van der Waals surface area contributed by atoms with Gasteiger partial charge < -0.3 is 15.7 Å². The van der Waals surface area contributed by atoms with Gasteiger partial charge in [0.25, 0.3) is 0 Å². The van der Waals surface area contributed by atoms with Crippen molar-refractivity contribution in [2.75, 3.05) is 18.6 Å². The van der Waals surface area contributed by atoms with E-state index in [1.54, 1.807) is 11.8 Å². The Morgan fingerprint density at radius 1 is 1.25 bits per heavy atom. The molecule has 1 aliphatic rings. The van der Waals surface area contributed by atoms with Gasteiger partial charge in [-0.15, -0.1) is 0 Å². The number of nitrogens with one attached hydrogen (secondary N) is 2. The quantitative estimate of drug-likeness (QED) is 0.673. The van der Waals surface area contributed by atoms with Crippen molar-refractivity contribution in [2.45, 2.75) is 40.2 Å². The Hall–Kier alpha value is -0.910. The van der Waals surface area contributed by atoms with E-state index in [0.29, 0.717) is 24.6 Å². The van der Waals surface area contributed by atoms with Crippen molar-refractivity contribution in [1.82, 2.24) is 10.6 Å². The van der Waals surface area contributed by atoms with Crippen molar-refractivity contribution in [3.05, 3.63) is 0 Å². The fraction of sp³-hybridized carbons (Fsp3) is 0.857. The standard InChI is InChI=1S/C14H26N2O3S/c1-13(2)10(14(13,3)4)8-15-12(19)16-9(11(17)18)6-7-20-5/h9-10H,6-8H2,1-5H3,(H,17,18)(H2,15,16,19). The van der Waals surface area contributed by atoms with Crippen LogP contribution >= 0.6 is 11.8 Å². The van der Waals surface area contributed by atoms with E-state index in [0.717, 1.165) is 0 Å². The Balaban J connectivity index is 2.38. The molecule has 0 aromatic carbocycles. The number of hydrogen-bond acceptors (Lipinski definition) is 3. The van der Waals surface area contributed by atoms with Gasteiger partial charge in [-0.25, -0.2) is 9.59 Å². The molecule has 1 rings (SSSR count). The number of amides is 2. The summed E-state index contributed by atoms with van der Waals surface area (Å²) in [5.74, 6) is 0.149. The molecule has 5 nitrogen and oxygen atoms in total. The Bertz CT molecular complexity index is 369. The molecule has 0 spiro atoms. The van der Waals surface area contributed by atoms with Gasteiger partial charge >= 0.3 is 12.0 Å². The molecule has 0 heterocycles. The first-order valence-electron chi connectivity index (χ1n) is 6.90. The molecule has 6 heteroatoms. The fourth-order valence-corrected chi connectivity index (χ4v) is 3.21. The molecule has 0 radical (unpaired) electrons. The average molecular weight is 302 g/mol. The van der Waals surface area contributed by atoms with Gasteiger partial charge in [0, 0.05) is 6.54 Å². The summed E-state index contributed by atoms with van der Waals surface area (Å²) in [7, 11) is 0. The number of carboxylic acids is 1. The van der Waals surface area contributed by atoms with Crippen molar-refractivity contribution in [3.63, 3.8) is 0 Å². The van der Waals surface area contributed by atoms with E-state index in [4.69, 9.17) is 5.11 Å². The minimum Gasteiger partial charge on any atom is -0.480 e. The van der Waals surface area contributed by atoms with E-state index in [1.807, 2.05) is 6.26 Å². The van der Waals surface area contributed by atoms with Crippen molar-refractivity contribution < 1.29 is 14.7 Å². The predicted octanol–water partition coefficient (Wildman–Crippen LogP) is 2.17. The van der Waals surface area contributed by atoms with Gasteiger partial charge in [-0.1, -0.05) is 27.7 Å². The molecule has 116 valence electrons. The second-order valence-electron chi connectivity index (χ2n) is 6.52. The number of aliphatic carboxylic acids is 1. The lowest BCUT2D eigenvalue weighted by atomic mass is 10.0. The summed E-state index contributed by atoms with van der Waals surface area (Å²) < 4.78 is 0. The molecular formula is C14H26N2O3S. The second kappa shape index (κ2) is 6.24. The fourth-order valence-electron chi connectivity index (χ4n) is 2.74. The van der Waals surface area contributed by atoms with Crippen molar-refractivity contribution in [1.29, 1.82) is 0 Å². The van der Waals surface area contributed by atoms with E-state index in [-0.39, 0.29) is 10.8 Å². The molecular weight excluding hydrogens is 276 g/mol. The van der Waals surface area contributed by atoms with E-state index >= 15 is 0 Å². The van der Waals surface area contributed by atoms with Crippen LogP contribution in [0.15, 0.2) is 0 Å². The topological polar surface area (TPSA) is 78.4 Å². The number of carboxylic acid groups (broad SMARTS) is 1. The van der Waals surface area contributed by atoms with Crippen LogP contribution in [-0.4, -0.2) is 41.7 Å². The Morgan fingerprint density at radius 2 is 1.80 bits per heavy atom. The van der Waals surface area contributed by atoms with E-state index in [9.17, 15) is 9.59 Å². The number of thioether (sulfide) groups is 1. The summed E-state index contributed by atoms with van der Waals surface area (Å²) in [6.45, 7) is 9.35. The number of carbonyl (C=O) groups is 2. The van der Waals surface area contributed by atoms with Crippen molar-refractivity contribution >= 4 is 23.8 Å². The van der Waals surface area contributed by atoms with Crippen LogP contribution in [-0.2, 0) is 4.79 Å². The summed E-state index contributed by atoms with van der Waals surface area (Å²) >= 11 is 1.57. The molecule has 1 unspecified atom stereocenters. The molecule has 1 saturated carbocycles. The molecule has 1 fully saturated rings. The molecule has 20 heavy (non-hydrogen) atoms. The van der Waals surface area contributed by atoms with E-state index in [1.165, 1.54) is 0 Å². The summed E-state index contributed by atoms with van der Waals surface area (Å²) in [6, 6.07) is -1.21. The molecule has 1 aliphatic carbocycles. The van der Waals surface area contributed by atoms with Crippen LogP contribution in [0, 0.1) is 16.7 Å². The summed E-state index contributed by atoms with van der Waals surface area (Å²) in [5.41, 5.74) is 0.427. The molecule has 0 bridgehead atoms. The minimum absolute atomic E-state index is 0.214. The highest BCUT2D eigenvalue weighted by molar-refractivity contribution is 7.98. The summed E-state index contributed by atoms with van der Waals surface area (Å²) in [5, 5.41) is 14.4. The first-order chi connectivity index (χ1) is 9.14.